The summed E-state index contributed by atoms with van der Waals surface area (Å²) < 4.78 is 10.9. The van der Waals surface area contributed by atoms with Gasteiger partial charge in [-0.1, -0.05) is 24.3 Å². The Balaban J connectivity index is 1.92. The van der Waals surface area contributed by atoms with Crippen LogP contribution in [-0.2, 0) is 0 Å². The van der Waals surface area contributed by atoms with E-state index in [0.717, 1.165) is 28.0 Å². The van der Waals surface area contributed by atoms with Gasteiger partial charge in [0, 0.05) is 10.9 Å². The lowest BCUT2D eigenvalue weighted by molar-refractivity contribution is 0.0937. The molecule has 1 atom stereocenters. The number of ether oxygens (including phenoxy) is 1. The van der Waals surface area contributed by atoms with Gasteiger partial charge in [-0.25, -0.2) is 0 Å². The van der Waals surface area contributed by atoms with E-state index in [1.165, 1.54) is 0 Å². The van der Waals surface area contributed by atoms with Gasteiger partial charge in [0.1, 0.15) is 17.3 Å². The van der Waals surface area contributed by atoms with Crippen molar-refractivity contribution in [2.75, 3.05) is 7.11 Å². The highest BCUT2D eigenvalue weighted by Gasteiger charge is 2.17. The van der Waals surface area contributed by atoms with E-state index in [2.05, 4.69) is 5.32 Å². The summed E-state index contributed by atoms with van der Waals surface area (Å²) in [5.74, 6) is 2.20. The Bertz CT molecular complexity index is 851. The number of benzene rings is 2. The van der Waals surface area contributed by atoms with Crippen LogP contribution in [0, 0.1) is 6.92 Å². The van der Waals surface area contributed by atoms with Crippen LogP contribution in [0.25, 0.3) is 10.8 Å². The van der Waals surface area contributed by atoms with E-state index >= 15 is 0 Å². The molecular formula is C19H19NO3. The van der Waals surface area contributed by atoms with Crippen molar-refractivity contribution < 1.29 is 13.9 Å². The van der Waals surface area contributed by atoms with Gasteiger partial charge in [0.2, 0.25) is 0 Å². The molecule has 0 bridgehead atoms. The molecule has 4 nitrogen and oxygen atoms in total. The second kappa shape index (κ2) is 6.16. The zero-order valence-electron chi connectivity index (χ0n) is 13.4. The number of nitrogens with one attached hydrogen (secondary N) is 1. The van der Waals surface area contributed by atoms with Gasteiger partial charge >= 0.3 is 0 Å². The van der Waals surface area contributed by atoms with Crippen molar-refractivity contribution in [2.45, 2.75) is 19.9 Å². The maximum Gasteiger partial charge on any atom is 0.252 e. The van der Waals surface area contributed by atoms with Crippen LogP contribution in [0.15, 0.2) is 52.9 Å². The normalized spacial score (nSPS) is 12.1. The first-order valence-electron chi connectivity index (χ1n) is 7.53. The zero-order chi connectivity index (χ0) is 16.4. The summed E-state index contributed by atoms with van der Waals surface area (Å²) in [7, 11) is 1.63. The summed E-state index contributed by atoms with van der Waals surface area (Å²) in [6.07, 6.45) is 0. The fraction of sp³-hybridized carbons (Fsp3) is 0.211. The van der Waals surface area contributed by atoms with E-state index in [0.29, 0.717) is 5.56 Å². The van der Waals surface area contributed by atoms with Gasteiger partial charge in [0.05, 0.1) is 13.2 Å². The second-order valence-corrected chi connectivity index (χ2v) is 5.50. The summed E-state index contributed by atoms with van der Waals surface area (Å²) in [5.41, 5.74) is 0.622. The van der Waals surface area contributed by atoms with Crippen LogP contribution in [0.1, 0.15) is 34.8 Å². The third-order valence-corrected chi connectivity index (χ3v) is 3.88. The van der Waals surface area contributed by atoms with E-state index < -0.39 is 0 Å². The Morgan fingerprint density at radius 2 is 1.83 bits per heavy atom. The first-order chi connectivity index (χ1) is 11.1. The summed E-state index contributed by atoms with van der Waals surface area (Å²) in [4.78, 5) is 12.7. The quantitative estimate of drug-likeness (QED) is 0.784. The highest BCUT2D eigenvalue weighted by molar-refractivity contribution is 6.08. The molecule has 0 radical (unpaired) electrons. The van der Waals surface area contributed by atoms with E-state index in [9.17, 15) is 4.79 Å². The molecule has 3 rings (SSSR count). The third-order valence-electron chi connectivity index (χ3n) is 3.88. The van der Waals surface area contributed by atoms with Gasteiger partial charge in [-0.3, -0.25) is 4.79 Å². The lowest BCUT2D eigenvalue weighted by Gasteiger charge is -2.14. The van der Waals surface area contributed by atoms with Crippen molar-refractivity contribution in [2.24, 2.45) is 0 Å². The van der Waals surface area contributed by atoms with E-state index in [-0.39, 0.29) is 11.9 Å². The van der Waals surface area contributed by atoms with Gasteiger partial charge in [-0.15, -0.1) is 0 Å². The van der Waals surface area contributed by atoms with Crippen LogP contribution in [0.5, 0.6) is 5.75 Å². The molecule has 0 spiro atoms. The Kier molecular flexibility index (Phi) is 4.06. The number of hydrogen-bond donors (Lipinski definition) is 1. The van der Waals surface area contributed by atoms with E-state index in [1.807, 2.05) is 56.3 Å². The molecule has 0 aliphatic heterocycles. The van der Waals surface area contributed by atoms with Gasteiger partial charge in [0.25, 0.3) is 5.91 Å². The number of carbonyl (C=O) groups excluding carboxylic acids is 1. The molecule has 3 aromatic rings. The fourth-order valence-electron chi connectivity index (χ4n) is 2.68. The summed E-state index contributed by atoms with van der Waals surface area (Å²) in [5, 5.41) is 4.77. The average molecular weight is 309 g/mol. The Morgan fingerprint density at radius 1 is 1.09 bits per heavy atom. The van der Waals surface area contributed by atoms with Crippen molar-refractivity contribution >= 4 is 16.7 Å². The molecule has 1 amide bonds. The van der Waals surface area contributed by atoms with Crippen molar-refractivity contribution in [3.8, 4) is 5.75 Å². The molecule has 2 aromatic carbocycles. The number of furan rings is 1. The molecule has 4 heteroatoms. The Labute approximate surface area is 135 Å². The number of aryl methyl sites for hydroxylation is 1. The lowest BCUT2D eigenvalue weighted by atomic mass is 10.0. The van der Waals surface area contributed by atoms with Gasteiger partial charge in [-0.2, -0.15) is 0 Å². The molecule has 0 saturated carbocycles. The number of methoxy groups -OCH3 is 1. The van der Waals surface area contributed by atoms with Crippen LogP contribution in [0.3, 0.4) is 0 Å². The van der Waals surface area contributed by atoms with E-state index in [4.69, 9.17) is 9.15 Å². The van der Waals surface area contributed by atoms with Crippen LogP contribution in [0.2, 0.25) is 0 Å². The van der Waals surface area contributed by atoms with Crippen LogP contribution in [-0.4, -0.2) is 13.0 Å². The number of carbonyl (C=O) groups is 1. The minimum Gasteiger partial charge on any atom is -0.496 e. The molecule has 1 N–H and O–H groups in total. The molecule has 1 heterocycles. The van der Waals surface area contributed by atoms with Crippen LogP contribution < -0.4 is 10.1 Å². The third kappa shape index (κ3) is 2.93. The van der Waals surface area contributed by atoms with Crippen molar-refractivity contribution in [1.82, 2.24) is 5.32 Å². The van der Waals surface area contributed by atoms with Crippen LogP contribution in [0.4, 0.5) is 0 Å². The molecule has 118 valence electrons. The van der Waals surface area contributed by atoms with Gasteiger partial charge < -0.3 is 14.5 Å². The largest absolute Gasteiger partial charge is 0.496 e. The average Bonchev–Trinajstić information content (AvgIpc) is 3.00. The monoisotopic (exact) mass is 309 g/mol. The fourth-order valence-corrected chi connectivity index (χ4v) is 2.68. The van der Waals surface area contributed by atoms with Crippen molar-refractivity contribution in [1.29, 1.82) is 0 Å². The topological polar surface area (TPSA) is 51.5 Å². The minimum atomic E-state index is -0.197. The zero-order valence-corrected chi connectivity index (χ0v) is 13.4. The number of hydrogen-bond acceptors (Lipinski definition) is 3. The molecule has 1 unspecified atom stereocenters. The molecule has 23 heavy (non-hydrogen) atoms. The SMILES string of the molecule is COc1ccc(C(=O)NC(C)c2ccc(C)o2)c2ccccc12. The first kappa shape index (κ1) is 15.2. The van der Waals surface area contributed by atoms with E-state index in [1.54, 1.807) is 13.2 Å². The Morgan fingerprint density at radius 3 is 2.48 bits per heavy atom. The molecule has 0 fully saturated rings. The van der Waals surface area contributed by atoms with Gasteiger partial charge in [-0.05, 0) is 43.5 Å². The van der Waals surface area contributed by atoms with Gasteiger partial charge in [0.15, 0.2) is 0 Å². The van der Waals surface area contributed by atoms with Crippen molar-refractivity contribution in [3.63, 3.8) is 0 Å². The summed E-state index contributed by atoms with van der Waals surface area (Å²) in [6, 6.07) is 14.9. The first-order valence-corrected chi connectivity index (χ1v) is 7.53. The van der Waals surface area contributed by atoms with Crippen molar-refractivity contribution in [3.05, 3.63) is 65.6 Å². The maximum absolute atomic E-state index is 12.7. The summed E-state index contributed by atoms with van der Waals surface area (Å²) >= 11 is 0. The predicted octanol–water partition coefficient (Wildman–Crippen LogP) is 4.24. The minimum absolute atomic E-state index is 0.134. The number of fused-ring (bicyclic) bond motifs is 1. The smallest absolute Gasteiger partial charge is 0.252 e. The standard InChI is InChI=1S/C19H19NO3/c1-12-8-10-17(23-12)13(2)20-19(21)16-9-11-18(22-3)15-7-5-4-6-14(15)16/h4-11,13H,1-3H3,(H,20,21). The maximum atomic E-state index is 12.7. The highest BCUT2D eigenvalue weighted by Crippen LogP contribution is 2.28. The molecule has 1 aromatic heterocycles. The number of rotatable bonds is 4. The molecular weight excluding hydrogens is 290 g/mol. The Hall–Kier alpha value is -2.75. The summed E-state index contributed by atoms with van der Waals surface area (Å²) in [6.45, 7) is 3.79. The number of amides is 1. The highest BCUT2D eigenvalue weighted by atomic mass is 16.5. The van der Waals surface area contributed by atoms with Crippen LogP contribution >= 0.6 is 0 Å². The predicted molar refractivity (Wildman–Crippen MR) is 89.8 cm³/mol. The lowest BCUT2D eigenvalue weighted by Crippen LogP contribution is -2.26. The second-order valence-electron chi connectivity index (χ2n) is 5.50. The molecule has 0 saturated heterocycles. The molecule has 0 aliphatic rings. The molecule has 0 aliphatic carbocycles.